The van der Waals surface area contributed by atoms with E-state index in [9.17, 15) is 14.4 Å². The Morgan fingerprint density at radius 2 is 1.73 bits per heavy atom. The van der Waals surface area contributed by atoms with Crippen molar-refractivity contribution in [3.8, 4) is 0 Å². The number of esters is 2. The molecule has 134 valence electrons. The van der Waals surface area contributed by atoms with Gasteiger partial charge in [0, 0.05) is 23.6 Å². The van der Waals surface area contributed by atoms with Crippen molar-refractivity contribution in [2.75, 3.05) is 19.5 Å². The van der Waals surface area contributed by atoms with Gasteiger partial charge in [0.05, 0.1) is 31.6 Å². The summed E-state index contributed by atoms with van der Waals surface area (Å²) in [6.45, 7) is 0. The molecule has 2 aromatic rings. The van der Waals surface area contributed by atoms with E-state index in [-0.39, 0.29) is 16.8 Å². The molecular weight excluding hydrogens is 342 g/mol. The van der Waals surface area contributed by atoms with Gasteiger partial charge in [0.15, 0.2) is 0 Å². The summed E-state index contributed by atoms with van der Waals surface area (Å²) in [6.07, 6.45) is 3.52. The van der Waals surface area contributed by atoms with Gasteiger partial charge in [-0.15, -0.1) is 0 Å². The Morgan fingerprint density at radius 1 is 1.08 bits per heavy atom. The van der Waals surface area contributed by atoms with Crippen LogP contribution in [0.2, 0.25) is 0 Å². The quantitative estimate of drug-likeness (QED) is 0.377. The van der Waals surface area contributed by atoms with Crippen molar-refractivity contribution in [2.45, 2.75) is 0 Å². The van der Waals surface area contributed by atoms with E-state index in [2.05, 4.69) is 29.8 Å². The maximum atomic E-state index is 11.8. The van der Waals surface area contributed by atoms with E-state index in [0.29, 0.717) is 5.56 Å². The maximum Gasteiger partial charge on any atom is 0.437 e. The van der Waals surface area contributed by atoms with Gasteiger partial charge in [-0.2, -0.15) is 0 Å². The summed E-state index contributed by atoms with van der Waals surface area (Å²) < 4.78 is 9.23. The largest absolute Gasteiger partial charge is 0.465 e. The number of amides is 1. The molecule has 0 fully saturated rings. The topological polar surface area (TPSA) is 116 Å². The standard InChI is InChI=1S/C17H15N3O6/c1-24-15(21)12-6-13(16(22)25-2)8-14(7-12)20-17(23)26-19-10-11-4-3-5-18-9-11/h3-10H,1-2H3,(H,20,23)/b19-10+. The van der Waals surface area contributed by atoms with Crippen molar-refractivity contribution < 1.29 is 28.7 Å². The fraction of sp³-hybridized carbons (Fsp3) is 0.118. The summed E-state index contributed by atoms with van der Waals surface area (Å²) in [6, 6.07) is 7.36. The molecule has 0 atom stereocenters. The summed E-state index contributed by atoms with van der Waals surface area (Å²) in [5.41, 5.74) is 0.893. The van der Waals surface area contributed by atoms with E-state index in [1.807, 2.05) is 0 Å². The van der Waals surface area contributed by atoms with Crippen LogP contribution in [-0.4, -0.2) is 43.5 Å². The highest BCUT2D eigenvalue weighted by Crippen LogP contribution is 2.17. The van der Waals surface area contributed by atoms with Crippen LogP contribution in [0.25, 0.3) is 0 Å². The number of hydrogen-bond acceptors (Lipinski definition) is 8. The van der Waals surface area contributed by atoms with E-state index in [1.165, 1.54) is 44.8 Å². The second kappa shape index (κ2) is 8.92. The second-order valence-corrected chi connectivity index (χ2v) is 4.81. The Morgan fingerprint density at radius 3 is 2.27 bits per heavy atom. The number of aromatic nitrogens is 1. The first-order valence-electron chi connectivity index (χ1n) is 7.26. The second-order valence-electron chi connectivity index (χ2n) is 4.81. The number of oxime groups is 1. The number of rotatable bonds is 5. The molecular formula is C17H15N3O6. The fourth-order valence-corrected chi connectivity index (χ4v) is 1.90. The Kier molecular flexibility index (Phi) is 6.38. The molecule has 9 nitrogen and oxygen atoms in total. The summed E-state index contributed by atoms with van der Waals surface area (Å²) in [5, 5.41) is 5.89. The molecule has 0 saturated heterocycles. The number of nitrogens with zero attached hydrogens (tertiary/aromatic N) is 2. The predicted molar refractivity (Wildman–Crippen MR) is 91.1 cm³/mol. The maximum absolute atomic E-state index is 11.8. The minimum absolute atomic E-state index is 0.0598. The highest BCUT2D eigenvalue weighted by Gasteiger charge is 2.15. The number of carbonyl (C=O) groups excluding carboxylic acids is 3. The third-order valence-corrected chi connectivity index (χ3v) is 3.04. The van der Waals surface area contributed by atoms with Gasteiger partial charge in [-0.1, -0.05) is 11.2 Å². The van der Waals surface area contributed by atoms with E-state index >= 15 is 0 Å². The molecule has 0 radical (unpaired) electrons. The predicted octanol–water partition coefficient (Wildman–Crippen LogP) is 2.24. The van der Waals surface area contributed by atoms with Crippen LogP contribution in [-0.2, 0) is 14.3 Å². The number of methoxy groups -OCH3 is 2. The van der Waals surface area contributed by atoms with E-state index in [4.69, 9.17) is 0 Å². The first kappa shape index (κ1) is 18.6. The molecule has 0 bridgehead atoms. The normalized spacial score (nSPS) is 10.2. The molecule has 1 N–H and O–H groups in total. The third kappa shape index (κ3) is 5.13. The zero-order valence-corrected chi connectivity index (χ0v) is 14.0. The molecule has 2 rings (SSSR count). The van der Waals surface area contributed by atoms with Crippen molar-refractivity contribution in [3.05, 3.63) is 59.4 Å². The van der Waals surface area contributed by atoms with Gasteiger partial charge in [0.25, 0.3) is 0 Å². The Bertz CT molecular complexity index is 801. The van der Waals surface area contributed by atoms with E-state index in [0.717, 1.165) is 0 Å². The van der Waals surface area contributed by atoms with Gasteiger partial charge in [-0.25, -0.2) is 14.4 Å². The Labute approximate surface area is 148 Å². The molecule has 26 heavy (non-hydrogen) atoms. The van der Waals surface area contributed by atoms with Crippen LogP contribution < -0.4 is 5.32 Å². The number of benzene rings is 1. The van der Waals surface area contributed by atoms with Crippen LogP contribution in [0, 0.1) is 0 Å². The number of hydrogen-bond donors (Lipinski definition) is 1. The molecule has 1 aromatic heterocycles. The lowest BCUT2D eigenvalue weighted by molar-refractivity contribution is 0.0599. The Balaban J connectivity index is 2.11. The van der Waals surface area contributed by atoms with Crippen molar-refractivity contribution in [1.29, 1.82) is 0 Å². The summed E-state index contributed by atoms with van der Waals surface area (Å²) in [7, 11) is 2.39. The van der Waals surface area contributed by atoms with Gasteiger partial charge in [-0.05, 0) is 24.3 Å². The number of anilines is 1. The molecule has 0 saturated carbocycles. The lowest BCUT2D eigenvalue weighted by Gasteiger charge is -2.08. The molecule has 0 aliphatic carbocycles. The van der Waals surface area contributed by atoms with Crippen LogP contribution >= 0.6 is 0 Å². The minimum Gasteiger partial charge on any atom is -0.465 e. The number of ether oxygens (including phenoxy) is 2. The van der Waals surface area contributed by atoms with E-state index < -0.39 is 18.0 Å². The van der Waals surface area contributed by atoms with Crippen LogP contribution in [0.1, 0.15) is 26.3 Å². The Hall–Kier alpha value is -3.75. The highest BCUT2D eigenvalue weighted by molar-refractivity contribution is 5.98. The number of nitrogens with one attached hydrogen (secondary N) is 1. The van der Waals surface area contributed by atoms with Crippen LogP contribution in [0.3, 0.4) is 0 Å². The lowest BCUT2D eigenvalue weighted by Crippen LogP contribution is -2.13. The number of carbonyl (C=O) groups is 3. The first-order chi connectivity index (χ1) is 12.5. The smallest absolute Gasteiger partial charge is 0.437 e. The van der Waals surface area contributed by atoms with Gasteiger partial charge in [0.2, 0.25) is 0 Å². The fourth-order valence-electron chi connectivity index (χ4n) is 1.90. The average Bonchev–Trinajstić information content (AvgIpc) is 2.67. The summed E-state index contributed by atoms with van der Waals surface area (Å²) in [4.78, 5) is 43.7. The van der Waals surface area contributed by atoms with Gasteiger partial charge in [-0.3, -0.25) is 15.1 Å². The van der Waals surface area contributed by atoms with Crippen molar-refractivity contribution in [1.82, 2.24) is 4.98 Å². The van der Waals surface area contributed by atoms with Crippen LogP contribution in [0.15, 0.2) is 47.9 Å². The summed E-state index contributed by atoms with van der Waals surface area (Å²) in [5.74, 6) is -1.36. The number of pyridine rings is 1. The monoisotopic (exact) mass is 357 g/mol. The van der Waals surface area contributed by atoms with Gasteiger partial charge >= 0.3 is 18.0 Å². The molecule has 1 amide bonds. The molecule has 0 spiro atoms. The SMILES string of the molecule is COC(=O)c1cc(NC(=O)O/N=C/c2cccnc2)cc(C(=O)OC)c1. The van der Waals surface area contributed by atoms with Crippen LogP contribution in [0.4, 0.5) is 10.5 Å². The highest BCUT2D eigenvalue weighted by atomic mass is 16.7. The van der Waals surface area contributed by atoms with E-state index in [1.54, 1.807) is 18.3 Å². The van der Waals surface area contributed by atoms with Crippen molar-refractivity contribution >= 4 is 29.9 Å². The molecule has 1 aromatic carbocycles. The van der Waals surface area contributed by atoms with Crippen LogP contribution in [0.5, 0.6) is 0 Å². The van der Waals surface area contributed by atoms with Gasteiger partial charge < -0.3 is 9.47 Å². The molecule has 9 heteroatoms. The first-order valence-corrected chi connectivity index (χ1v) is 7.26. The van der Waals surface area contributed by atoms with Gasteiger partial charge in [0.1, 0.15) is 0 Å². The van der Waals surface area contributed by atoms with Crippen molar-refractivity contribution in [3.63, 3.8) is 0 Å². The zero-order chi connectivity index (χ0) is 18.9. The zero-order valence-electron chi connectivity index (χ0n) is 14.0. The molecule has 0 aliphatic heterocycles. The summed E-state index contributed by atoms with van der Waals surface area (Å²) >= 11 is 0. The average molecular weight is 357 g/mol. The molecule has 1 heterocycles. The molecule has 0 unspecified atom stereocenters. The van der Waals surface area contributed by atoms with Crippen molar-refractivity contribution in [2.24, 2.45) is 5.16 Å². The third-order valence-electron chi connectivity index (χ3n) is 3.04. The molecule has 0 aliphatic rings. The lowest BCUT2D eigenvalue weighted by atomic mass is 10.1. The minimum atomic E-state index is -0.914.